The zero-order chi connectivity index (χ0) is 4.41. The number of carbonyl (C=O) groups excluding carboxylic acids is 1. The first kappa shape index (κ1) is 4.06. The molecule has 0 spiro atoms. The van der Waals surface area contributed by atoms with Crippen LogP contribution in [0.25, 0.3) is 0 Å². The highest BCUT2D eigenvalue weighted by Crippen LogP contribution is 2.16. The standard InChI is InChI=1S/C4H5OS/c5-4-2-1-3-6-4/h2H,1,3H2/q+1. The summed E-state index contributed by atoms with van der Waals surface area (Å²) in [6.07, 6.45) is 2.70. The van der Waals surface area contributed by atoms with E-state index in [0.717, 1.165) is 12.2 Å². The minimum atomic E-state index is 0.245. The van der Waals surface area contributed by atoms with E-state index >= 15 is 0 Å². The van der Waals surface area contributed by atoms with Crippen molar-refractivity contribution in [2.75, 3.05) is 5.75 Å². The Hall–Kier alpha value is -0.110. The molecule has 0 aromatic heterocycles. The molecule has 1 fully saturated rings. The second-order valence-corrected chi connectivity index (χ2v) is 2.26. The monoisotopic (exact) mass is 101 g/mol. The summed E-state index contributed by atoms with van der Waals surface area (Å²) in [4.78, 5) is 10.2. The summed E-state index contributed by atoms with van der Waals surface area (Å²) in [7, 11) is 0. The topological polar surface area (TPSA) is 17.1 Å². The van der Waals surface area contributed by atoms with Gasteiger partial charge in [-0.15, -0.1) is 0 Å². The third-order valence-corrected chi connectivity index (χ3v) is 1.56. The molecule has 0 bridgehead atoms. The molecule has 32 valence electrons. The lowest BCUT2D eigenvalue weighted by Gasteiger charge is -1.61. The molecule has 0 radical (unpaired) electrons. The molecule has 0 aromatic rings. The summed E-state index contributed by atoms with van der Waals surface area (Å²) in [6, 6.07) is 0. The van der Waals surface area contributed by atoms with Gasteiger partial charge in [-0.2, -0.15) is 0 Å². The van der Waals surface area contributed by atoms with Crippen LogP contribution in [0.3, 0.4) is 0 Å². The second kappa shape index (κ2) is 1.56. The Kier molecular flexibility index (Phi) is 1.05. The van der Waals surface area contributed by atoms with Crippen LogP contribution in [-0.4, -0.2) is 10.9 Å². The van der Waals surface area contributed by atoms with Crippen LogP contribution >= 0.6 is 11.8 Å². The molecule has 0 amide bonds. The van der Waals surface area contributed by atoms with E-state index in [1.807, 2.05) is 0 Å². The highest BCUT2D eigenvalue weighted by molar-refractivity contribution is 8.14. The van der Waals surface area contributed by atoms with Crippen molar-refractivity contribution in [1.29, 1.82) is 0 Å². The molecular formula is C4H5OS+. The maximum atomic E-state index is 10.2. The second-order valence-electron chi connectivity index (χ2n) is 1.16. The number of hydrogen-bond acceptors (Lipinski definition) is 2. The highest BCUT2D eigenvalue weighted by Gasteiger charge is 2.20. The first-order valence-corrected chi connectivity index (χ1v) is 2.88. The molecule has 0 atom stereocenters. The predicted molar refractivity (Wildman–Crippen MR) is 26.4 cm³/mol. The van der Waals surface area contributed by atoms with E-state index in [0.29, 0.717) is 0 Å². The van der Waals surface area contributed by atoms with Gasteiger partial charge in [0.25, 0.3) is 0 Å². The van der Waals surface area contributed by atoms with Crippen molar-refractivity contribution in [2.24, 2.45) is 0 Å². The van der Waals surface area contributed by atoms with E-state index in [2.05, 4.69) is 0 Å². The molecule has 1 aliphatic rings. The van der Waals surface area contributed by atoms with E-state index in [-0.39, 0.29) is 5.12 Å². The van der Waals surface area contributed by atoms with Gasteiger partial charge in [0.15, 0.2) is 6.42 Å². The summed E-state index contributed by atoms with van der Waals surface area (Å²) in [5.41, 5.74) is 0. The lowest BCUT2D eigenvalue weighted by atomic mass is 10.4. The predicted octanol–water partition coefficient (Wildman–Crippen LogP) is 0.854. The largest absolute Gasteiger partial charge is 0.363 e. The van der Waals surface area contributed by atoms with Crippen LogP contribution in [0.1, 0.15) is 6.42 Å². The molecule has 1 nitrogen and oxygen atoms in total. The van der Waals surface area contributed by atoms with Crippen molar-refractivity contribution in [3.63, 3.8) is 0 Å². The Morgan fingerprint density at radius 1 is 1.83 bits per heavy atom. The van der Waals surface area contributed by atoms with Crippen molar-refractivity contribution in [3.05, 3.63) is 6.42 Å². The van der Waals surface area contributed by atoms with Gasteiger partial charge in [0.2, 0.25) is 0 Å². The van der Waals surface area contributed by atoms with Crippen LogP contribution in [0.15, 0.2) is 0 Å². The van der Waals surface area contributed by atoms with Crippen LogP contribution in [0.5, 0.6) is 0 Å². The van der Waals surface area contributed by atoms with E-state index in [9.17, 15) is 4.79 Å². The summed E-state index contributed by atoms with van der Waals surface area (Å²) < 4.78 is 0. The summed E-state index contributed by atoms with van der Waals surface area (Å²) in [6.45, 7) is 0. The molecule has 1 heterocycles. The van der Waals surface area contributed by atoms with E-state index in [1.54, 1.807) is 6.42 Å². The minimum absolute atomic E-state index is 0.245. The molecule has 6 heavy (non-hydrogen) atoms. The molecule has 1 aliphatic heterocycles. The third-order valence-electron chi connectivity index (χ3n) is 0.673. The van der Waals surface area contributed by atoms with Gasteiger partial charge in [-0.25, -0.2) is 4.79 Å². The molecular weight excluding hydrogens is 96.1 g/mol. The fraction of sp³-hybridized carbons (Fsp3) is 0.500. The zero-order valence-electron chi connectivity index (χ0n) is 3.31. The Morgan fingerprint density at radius 3 is 2.83 bits per heavy atom. The van der Waals surface area contributed by atoms with Gasteiger partial charge in [0, 0.05) is 5.75 Å². The molecule has 0 saturated carbocycles. The van der Waals surface area contributed by atoms with Crippen LogP contribution in [0.4, 0.5) is 0 Å². The van der Waals surface area contributed by atoms with Crippen molar-refractivity contribution in [1.82, 2.24) is 0 Å². The Labute approximate surface area is 41.1 Å². The third kappa shape index (κ3) is 0.684. The molecule has 0 N–H and O–H groups in total. The van der Waals surface area contributed by atoms with Crippen LogP contribution < -0.4 is 0 Å². The first-order chi connectivity index (χ1) is 2.89. The summed E-state index contributed by atoms with van der Waals surface area (Å²) in [5, 5.41) is 0.245. The van der Waals surface area contributed by atoms with E-state index in [1.165, 1.54) is 11.8 Å². The number of hydrogen-bond donors (Lipinski definition) is 0. The average molecular weight is 101 g/mol. The van der Waals surface area contributed by atoms with Gasteiger partial charge in [0.05, 0.1) is 0 Å². The van der Waals surface area contributed by atoms with Gasteiger partial charge in [0.1, 0.15) is 6.42 Å². The number of thioether (sulfide) groups is 1. The van der Waals surface area contributed by atoms with Gasteiger partial charge in [-0.1, -0.05) is 0 Å². The molecule has 0 aliphatic carbocycles. The SMILES string of the molecule is O=C1[CH+]CCS1. The van der Waals surface area contributed by atoms with Gasteiger partial charge >= 0.3 is 5.12 Å². The normalized spacial score (nSPS) is 21.0. The fourth-order valence-corrected chi connectivity index (χ4v) is 1.07. The van der Waals surface area contributed by atoms with Crippen LogP contribution in [-0.2, 0) is 4.79 Å². The minimum Gasteiger partial charge on any atom is -0.230 e. The molecule has 1 rings (SSSR count). The lowest BCUT2D eigenvalue weighted by Crippen LogP contribution is -1.76. The molecule has 0 unspecified atom stereocenters. The Bertz CT molecular complexity index is 61.9. The Morgan fingerprint density at radius 2 is 2.67 bits per heavy atom. The Balaban J connectivity index is 2.37. The zero-order valence-corrected chi connectivity index (χ0v) is 4.12. The van der Waals surface area contributed by atoms with Crippen molar-refractivity contribution in [3.8, 4) is 0 Å². The maximum absolute atomic E-state index is 10.2. The van der Waals surface area contributed by atoms with Crippen molar-refractivity contribution < 1.29 is 4.79 Å². The number of carbonyl (C=O) groups is 1. The van der Waals surface area contributed by atoms with Gasteiger partial charge in [-0.3, -0.25) is 0 Å². The van der Waals surface area contributed by atoms with Crippen molar-refractivity contribution in [2.45, 2.75) is 6.42 Å². The van der Waals surface area contributed by atoms with Crippen LogP contribution in [0.2, 0.25) is 0 Å². The molecule has 0 aromatic carbocycles. The van der Waals surface area contributed by atoms with Crippen LogP contribution in [0, 0.1) is 6.42 Å². The van der Waals surface area contributed by atoms with Gasteiger partial charge in [-0.05, 0) is 11.8 Å². The molecule has 1 saturated heterocycles. The summed E-state index contributed by atoms with van der Waals surface area (Å²) in [5.74, 6) is 0.999. The first-order valence-electron chi connectivity index (χ1n) is 1.89. The van der Waals surface area contributed by atoms with Gasteiger partial charge < -0.3 is 0 Å². The fourth-order valence-electron chi connectivity index (χ4n) is 0.395. The lowest BCUT2D eigenvalue weighted by molar-refractivity contribution is -0.107. The average Bonchev–Trinajstić information content (AvgIpc) is 1.86. The smallest absolute Gasteiger partial charge is 0.230 e. The van der Waals surface area contributed by atoms with E-state index in [4.69, 9.17) is 0 Å². The quantitative estimate of drug-likeness (QED) is 0.421. The summed E-state index contributed by atoms with van der Waals surface area (Å²) >= 11 is 1.40. The number of rotatable bonds is 0. The highest BCUT2D eigenvalue weighted by atomic mass is 32.2. The maximum Gasteiger partial charge on any atom is 0.363 e. The van der Waals surface area contributed by atoms with E-state index < -0.39 is 0 Å². The van der Waals surface area contributed by atoms with Crippen molar-refractivity contribution >= 4 is 16.9 Å². The molecule has 2 heteroatoms.